The zero-order valence-electron chi connectivity index (χ0n) is 15.0. The fraction of sp³-hybridized carbons (Fsp3) is 0.850. The molecule has 1 saturated heterocycles. The molecule has 0 bridgehead atoms. The van der Waals surface area contributed by atoms with E-state index in [-0.39, 0.29) is 22.0 Å². The number of Topliss-reactive ketones (excluding diaryl/α,β-unsaturated/α-hetero) is 1. The molecular weight excluding hydrogens is 272 g/mol. The molecule has 0 aromatic carbocycles. The molecule has 124 valence electrons. The van der Waals surface area contributed by atoms with Gasteiger partial charge in [-0.2, -0.15) is 0 Å². The van der Waals surface area contributed by atoms with Crippen molar-refractivity contribution in [3.05, 3.63) is 12.7 Å². The molecule has 3 rings (SSSR count). The van der Waals surface area contributed by atoms with E-state index in [1.54, 1.807) is 0 Å². The highest BCUT2D eigenvalue weighted by atomic mass is 16.5. The summed E-state index contributed by atoms with van der Waals surface area (Å²) < 4.78 is 6.60. The summed E-state index contributed by atoms with van der Waals surface area (Å²) in [6.07, 6.45) is 7.93. The van der Waals surface area contributed by atoms with Gasteiger partial charge in [0.15, 0.2) is 0 Å². The maximum Gasteiger partial charge on any atom is 0.134 e. The first-order valence-electron chi connectivity index (χ1n) is 8.90. The predicted molar refractivity (Wildman–Crippen MR) is 89.7 cm³/mol. The summed E-state index contributed by atoms with van der Waals surface area (Å²) in [5.74, 6) is 1.56. The maximum atomic E-state index is 12.4. The Hall–Kier alpha value is -0.630. The van der Waals surface area contributed by atoms with E-state index < -0.39 is 0 Å². The van der Waals surface area contributed by atoms with Crippen molar-refractivity contribution in [1.29, 1.82) is 0 Å². The lowest BCUT2D eigenvalue weighted by Crippen LogP contribution is -2.63. The zero-order valence-corrected chi connectivity index (χ0v) is 15.0. The van der Waals surface area contributed by atoms with E-state index in [2.05, 4.69) is 41.2 Å². The molecule has 2 saturated carbocycles. The third kappa shape index (κ3) is 2.21. The van der Waals surface area contributed by atoms with Crippen LogP contribution in [0.15, 0.2) is 12.7 Å². The molecule has 0 aromatic heterocycles. The second-order valence-electron chi connectivity index (χ2n) is 9.50. The maximum absolute atomic E-state index is 12.4. The molecule has 22 heavy (non-hydrogen) atoms. The minimum atomic E-state index is -0.206. The number of ether oxygens (including phenoxy) is 1. The van der Waals surface area contributed by atoms with Crippen LogP contribution in [0.1, 0.15) is 73.1 Å². The smallest absolute Gasteiger partial charge is 0.134 e. The Morgan fingerprint density at radius 3 is 2.32 bits per heavy atom. The summed E-state index contributed by atoms with van der Waals surface area (Å²) in [6.45, 7) is 15.4. The number of fused-ring (bicyclic) bond motifs is 3. The van der Waals surface area contributed by atoms with Crippen molar-refractivity contribution in [2.75, 3.05) is 0 Å². The van der Waals surface area contributed by atoms with Crippen LogP contribution in [0.25, 0.3) is 0 Å². The van der Waals surface area contributed by atoms with Crippen LogP contribution in [-0.4, -0.2) is 17.0 Å². The van der Waals surface area contributed by atoms with Gasteiger partial charge in [-0.15, -0.1) is 6.58 Å². The number of carbonyl (C=O) groups excluding carboxylic acids is 1. The first-order valence-corrected chi connectivity index (χ1v) is 8.90. The van der Waals surface area contributed by atoms with Gasteiger partial charge in [0, 0.05) is 12.8 Å². The Balaban J connectivity index is 1.98. The molecule has 0 aromatic rings. The molecule has 2 nitrogen and oxygen atoms in total. The summed E-state index contributed by atoms with van der Waals surface area (Å²) >= 11 is 0. The molecule has 3 aliphatic rings. The molecule has 2 aliphatic carbocycles. The number of hydrogen-bond donors (Lipinski definition) is 0. The Kier molecular flexibility index (Phi) is 3.46. The average molecular weight is 304 g/mol. The van der Waals surface area contributed by atoms with Gasteiger partial charge in [-0.05, 0) is 62.2 Å². The van der Waals surface area contributed by atoms with Gasteiger partial charge in [0.1, 0.15) is 5.78 Å². The summed E-state index contributed by atoms with van der Waals surface area (Å²) in [4.78, 5) is 12.4. The molecule has 0 unspecified atom stereocenters. The Bertz CT molecular complexity index is 508. The largest absolute Gasteiger partial charge is 0.365 e. The molecule has 0 N–H and O–H groups in total. The van der Waals surface area contributed by atoms with Gasteiger partial charge in [-0.3, -0.25) is 4.79 Å². The van der Waals surface area contributed by atoms with Gasteiger partial charge in [-0.1, -0.05) is 26.8 Å². The summed E-state index contributed by atoms with van der Waals surface area (Å²) in [5.41, 5.74) is -0.0955. The molecule has 1 aliphatic heterocycles. The van der Waals surface area contributed by atoms with E-state index in [0.29, 0.717) is 17.6 Å². The Morgan fingerprint density at radius 2 is 1.68 bits per heavy atom. The van der Waals surface area contributed by atoms with E-state index in [9.17, 15) is 4.79 Å². The Labute approximate surface area is 135 Å². The number of hydrogen-bond acceptors (Lipinski definition) is 2. The second-order valence-corrected chi connectivity index (χ2v) is 9.50. The van der Waals surface area contributed by atoms with Crippen molar-refractivity contribution in [2.24, 2.45) is 22.7 Å². The highest BCUT2D eigenvalue weighted by molar-refractivity contribution is 5.81. The van der Waals surface area contributed by atoms with Crippen LogP contribution in [-0.2, 0) is 9.53 Å². The quantitative estimate of drug-likeness (QED) is 0.643. The van der Waals surface area contributed by atoms with Crippen molar-refractivity contribution in [2.45, 2.75) is 84.3 Å². The molecule has 2 heteroatoms. The fourth-order valence-corrected chi connectivity index (χ4v) is 6.44. The third-order valence-electron chi connectivity index (χ3n) is 7.26. The number of carbonyl (C=O) groups is 1. The van der Waals surface area contributed by atoms with E-state index in [4.69, 9.17) is 4.74 Å². The monoisotopic (exact) mass is 304 g/mol. The van der Waals surface area contributed by atoms with Crippen molar-refractivity contribution >= 4 is 5.78 Å². The molecule has 0 radical (unpaired) electrons. The number of ketones is 1. The second kappa shape index (κ2) is 4.69. The molecule has 3 fully saturated rings. The van der Waals surface area contributed by atoms with Gasteiger partial charge in [-0.25, -0.2) is 0 Å². The topological polar surface area (TPSA) is 26.3 Å². The van der Waals surface area contributed by atoms with E-state index >= 15 is 0 Å². The van der Waals surface area contributed by atoms with Crippen molar-refractivity contribution in [3.63, 3.8) is 0 Å². The van der Waals surface area contributed by atoms with Gasteiger partial charge in [0.05, 0.1) is 11.2 Å². The van der Waals surface area contributed by atoms with Crippen molar-refractivity contribution in [3.8, 4) is 0 Å². The standard InChI is InChI=1S/C20H32O2/c1-7-18(4)10-8-16-19(5)13-14(21)12-17(2,3)15(19)9-11-20(16,6)22-18/h7,15-16H,1,8-13H2,2-6H3/t15-,16+,18-,19-,20+/m0/s1. The lowest BCUT2D eigenvalue weighted by Gasteiger charge is -2.64. The zero-order chi connectivity index (χ0) is 16.4. The average Bonchev–Trinajstić information content (AvgIpc) is 2.35. The van der Waals surface area contributed by atoms with Crippen molar-refractivity contribution < 1.29 is 9.53 Å². The summed E-state index contributed by atoms with van der Waals surface area (Å²) in [5, 5.41) is 0. The predicted octanol–water partition coefficient (Wildman–Crippen LogP) is 4.92. The molecule has 1 heterocycles. The fourth-order valence-electron chi connectivity index (χ4n) is 6.44. The van der Waals surface area contributed by atoms with E-state index in [0.717, 1.165) is 32.1 Å². The number of rotatable bonds is 1. The highest BCUT2D eigenvalue weighted by Crippen LogP contribution is 2.64. The summed E-state index contributed by atoms with van der Waals surface area (Å²) in [6, 6.07) is 0. The van der Waals surface area contributed by atoms with Gasteiger partial charge in [0.25, 0.3) is 0 Å². The minimum Gasteiger partial charge on any atom is -0.365 e. The van der Waals surface area contributed by atoms with Gasteiger partial charge < -0.3 is 4.74 Å². The van der Waals surface area contributed by atoms with Crippen LogP contribution in [0.5, 0.6) is 0 Å². The van der Waals surface area contributed by atoms with E-state index in [1.165, 1.54) is 6.42 Å². The van der Waals surface area contributed by atoms with Gasteiger partial charge >= 0.3 is 0 Å². The first-order chi connectivity index (χ1) is 10.0. The van der Waals surface area contributed by atoms with Crippen LogP contribution in [0, 0.1) is 22.7 Å². The minimum absolute atomic E-state index is 0.0916. The molecule has 5 atom stereocenters. The Morgan fingerprint density at radius 1 is 1.05 bits per heavy atom. The highest BCUT2D eigenvalue weighted by Gasteiger charge is 2.62. The normalized spacial score (nSPS) is 50.9. The third-order valence-corrected chi connectivity index (χ3v) is 7.26. The molecule has 0 spiro atoms. The summed E-state index contributed by atoms with van der Waals surface area (Å²) in [7, 11) is 0. The lowest BCUT2D eigenvalue weighted by atomic mass is 9.44. The molecular formula is C20H32O2. The van der Waals surface area contributed by atoms with Crippen LogP contribution < -0.4 is 0 Å². The van der Waals surface area contributed by atoms with Gasteiger partial charge in [0.2, 0.25) is 0 Å². The van der Waals surface area contributed by atoms with Crippen LogP contribution >= 0.6 is 0 Å². The lowest BCUT2D eigenvalue weighted by molar-refractivity contribution is -0.249. The molecule has 0 amide bonds. The van der Waals surface area contributed by atoms with Crippen molar-refractivity contribution in [1.82, 2.24) is 0 Å². The van der Waals surface area contributed by atoms with Crippen LogP contribution in [0.3, 0.4) is 0 Å². The SMILES string of the molecule is C=C[C@@]1(C)CC[C@@H]2[C@@]3(C)CC(=O)CC(C)(C)[C@@H]3CC[C@@]2(C)O1. The van der Waals surface area contributed by atoms with Crippen LogP contribution in [0.4, 0.5) is 0 Å². The van der Waals surface area contributed by atoms with Crippen LogP contribution in [0.2, 0.25) is 0 Å². The van der Waals surface area contributed by atoms with E-state index in [1.807, 2.05) is 6.08 Å². The first kappa shape index (κ1) is 16.2.